The summed E-state index contributed by atoms with van der Waals surface area (Å²) in [6.07, 6.45) is 0.557. The average molecular weight is 297 g/mol. The normalized spacial score (nSPS) is 15.1. The lowest BCUT2D eigenvalue weighted by molar-refractivity contribution is -0.117. The molecular weight excluding hydrogens is 284 g/mol. The van der Waals surface area contributed by atoms with Crippen LogP contribution >= 0.6 is 15.9 Å². The van der Waals surface area contributed by atoms with Gasteiger partial charge in [-0.25, -0.2) is 0 Å². The van der Waals surface area contributed by atoms with E-state index in [9.17, 15) is 4.79 Å². The second-order valence-corrected chi connectivity index (χ2v) is 4.63. The van der Waals surface area contributed by atoms with Crippen LogP contribution in [-0.2, 0) is 20.7 Å². The molecule has 0 N–H and O–H groups in total. The van der Waals surface area contributed by atoms with Gasteiger partial charge in [-0.15, -0.1) is 0 Å². The number of halogens is 1. The van der Waals surface area contributed by atoms with Crippen LogP contribution in [0.15, 0.2) is 40.3 Å². The molecule has 2 rings (SSSR count). The third-order valence-corrected chi connectivity index (χ3v) is 3.02. The van der Waals surface area contributed by atoms with Gasteiger partial charge in [0.2, 0.25) is 5.78 Å². The first-order valence-electron chi connectivity index (χ1n) is 5.47. The molecule has 1 aliphatic heterocycles. The van der Waals surface area contributed by atoms with E-state index in [1.807, 2.05) is 31.2 Å². The van der Waals surface area contributed by atoms with Gasteiger partial charge in [0.05, 0.1) is 12.2 Å². The van der Waals surface area contributed by atoms with Crippen LogP contribution in [-0.4, -0.2) is 19.0 Å². The Morgan fingerprint density at radius 3 is 2.71 bits per heavy atom. The summed E-state index contributed by atoms with van der Waals surface area (Å²) in [6.45, 7) is 2.48. The maximum atomic E-state index is 11.7. The van der Waals surface area contributed by atoms with Crippen molar-refractivity contribution >= 4 is 21.7 Å². The number of hydrogen-bond acceptors (Lipinski definition) is 3. The summed E-state index contributed by atoms with van der Waals surface area (Å²) >= 11 is 3.38. The van der Waals surface area contributed by atoms with Crippen molar-refractivity contribution in [1.82, 2.24) is 0 Å². The SMILES string of the molecule is CCOC1=C(Cc2ccc(Br)cc2)C(=O)CO1. The van der Waals surface area contributed by atoms with Crippen LogP contribution in [0.1, 0.15) is 12.5 Å². The molecule has 4 heteroatoms. The highest BCUT2D eigenvalue weighted by Gasteiger charge is 2.26. The maximum Gasteiger partial charge on any atom is 0.287 e. The van der Waals surface area contributed by atoms with Gasteiger partial charge in [-0.2, -0.15) is 0 Å². The van der Waals surface area contributed by atoms with Gasteiger partial charge in [0.15, 0.2) is 6.61 Å². The fraction of sp³-hybridized carbons (Fsp3) is 0.308. The molecule has 0 aliphatic carbocycles. The third-order valence-electron chi connectivity index (χ3n) is 2.49. The van der Waals surface area contributed by atoms with Crippen molar-refractivity contribution in [3.63, 3.8) is 0 Å². The van der Waals surface area contributed by atoms with Crippen molar-refractivity contribution in [3.8, 4) is 0 Å². The predicted octanol–water partition coefficient (Wildman–Crippen LogP) is 2.84. The number of rotatable bonds is 4. The zero-order valence-electron chi connectivity index (χ0n) is 9.53. The highest BCUT2D eigenvalue weighted by Crippen LogP contribution is 2.22. The number of Topliss-reactive ketones (excluding diaryl/α,β-unsaturated/α-hetero) is 1. The van der Waals surface area contributed by atoms with Crippen molar-refractivity contribution in [2.75, 3.05) is 13.2 Å². The molecule has 0 amide bonds. The molecule has 90 valence electrons. The van der Waals surface area contributed by atoms with Crippen LogP contribution in [0.25, 0.3) is 0 Å². The molecule has 0 spiro atoms. The second-order valence-electron chi connectivity index (χ2n) is 3.71. The molecule has 17 heavy (non-hydrogen) atoms. The fourth-order valence-electron chi connectivity index (χ4n) is 1.66. The standard InChI is InChI=1S/C13H13BrO3/c1-2-16-13-11(12(15)8-17-13)7-9-3-5-10(14)6-4-9/h3-6H,2,7-8H2,1H3. The van der Waals surface area contributed by atoms with Gasteiger partial charge in [-0.1, -0.05) is 28.1 Å². The average Bonchev–Trinajstić information content (AvgIpc) is 2.65. The van der Waals surface area contributed by atoms with Gasteiger partial charge in [0.1, 0.15) is 0 Å². The van der Waals surface area contributed by atoms with E-state index in [0.29, 0.717) is 24.5 Å². The summed E-state index contributed by atoms with van der Waals surface area (Å²) in [7, 11) is 0. The summed E-state index contributed by atoms with van der Waals surface area (Å²) in [5, 5.41) is 0. The minimum Gasteiger partial charge on any atom is -0.465 e. The second kappa shape index (κ2) is 5.36. The number of hydrogen-bond donors (Lipinski definition) is 0. The minimum atomic E-state index is 0.0105. The first kappa shape index (κ1) is 12.2. The van der Waals surface area contributed by atoms with E-state index in [2.05, 4.69) is 15.9 Å². The quantitative estimate of drug-likeness (QED) is 0.857. The lowest BCUT2D eigenvalue weighted by Gasteiger charge is -2.05. The van der Waals surface area contributed by atoms with E-state index in [4.69, 9.17) is 9.47 Å². The molecule has 0 bridgehead atoms. The Kier molecular flexibility index (Phi) is 3.84. The predicted molar refractivity (Wildman–Crippen MR) is 67.5 cm³/mol. The van der Waals surface area contributed by atoms with E-state index in [-0.39, 0.29) is 12.4 Å². The van der Waals surface area contributed by atoms with E-state index >= 15 is 0 Å². The van der Waals surface area contributed by atoms with Gasteiger partial charge in [-0.3, -0.25) is 4.79 Å². The van der Waals surface area contributed by atoms with E-state index in [1.165, 1.54) is 0 Å². The van der Waals surface area contributed by atoms with Gasteiger partial charge in [0, 0.05) is 10.9 Å². The summed E-state index contributed by atoms with van der Waals surface area (Å²) in [5.74, 6) is 0.400. The molecule has 1 aliphatic rings. The van der Waals surface area contributed by atoms with Crippen LogP contribution < -0.4 is 0 Å². The largest absolute Gasteiger partial charge is 0.465 e. The summed E-state index contributed by atoms with van der Waals surface area (Å²) < 4.78 is 11.5. The zero-order chi connectivity index (χ0) is 12.3. The molecule has 1 heterocycles. The maximum absolute atomic E-state index is 11.7. The lowest BCUT2D eigenvalue weighted by atomic mass is 10.0. The molecular formula is C13H13BrO3. The van der Waals surface area contributed by atoms with Gasteiger partial charge >= 0.3 is 0 Å². The topological polar surface area (TPSA) is 35.5 Å². The summed E-state index contributed by atoms with van der Waals surface area (Å²) in [5.41, 5.74) is 1.70. The van der Waals surface area contributed by atoms with Crippen LogP contribution in [0.3, 0.4) is 0 Å². The molecule has 0 unspecified atom stereocenters. The van der Waals surface area contributed by atoms with Crippen molar-refractivity contribution in [2.45, 2.75) is 13.3 Å². The highest BCUT2D eigenvalue weighted by atomic mass is 79.9. The Morgan fingerprint density at radius 1 is 1.35 bits per heavy atom. The number of ketones is 1. The monoisotopic (exact) mass is 296 g/mol. The fourth-order valence-corrected chi connectivity index (χ4v) is 1.92. The molecule has 3 nitrogen and oxygen atoms in total. The summed E-state index contributed by atoms with van der Waals surface area (Å²) in [4.78, 5) is 11.7. The van der Waals surface area contributed by atoms with E-state index in [1.54, 1.807) is 0 Å². The van der Waals surface area contributed by atoms with Gasteiger partial charge in [-0.05, 0) is 24.6 Å². The van der Waals surface area contributed by atoms with E-state index < -0.39 is 0 Å². The van der Waals surface area contributed by atoms with Crippen molar-refractivity contribution in [2.24, 2.45) is 0 Å². The van der Waals surface area contributed by atoms with Crippen LogP contribution in [0.5, 0.6) is 0 Å². The Morgan fingerprint density at radius 2 is 2.06 bits per heavy atom. The smallest absolute Gasteiger partial charge is 0.287 e. The van der Waals surface area contributed by atoms with Crippen molar-refractivity contribution < 1.29 is 14.3 Å². The molecule has 0 saturated heterocycles. The van der Waals surface area contributed by atoms with Gasteiger partial charge < -0.3 is 9.47 Å². The minimum absolute atomic E-state index is 0.0105. The Bertz CT molecular complexity index is 448. The highest BCUT2D eigenvalue weighted by molar-refractivity contribution is 9.10. The number of benzene rings is 1. The van der Waals surface area contributed by atoms with E-state index in [0.717, 1.165) is 10.0 Å². The number of carbonyl (C=O) groups excluding carboxylic acids is 1. The number of carbonyl (C=O) groups is 1. The molecule has 1 aromatic rings. The van der Waals surface area contributed by atoms with Crippen LogP contribution in [0.4, 0.5) is 0 Å². The first-order valence-corrected chi connectivity index (χ1v) is 6.26. The molecule has 0 fully saturated rings. The molecule has 0 saturated carbocycles. The molecule has 1 aromatic carbocycles. The summed E-state index contributed by atoms with van der Waals surface area (Å²) in [6, 6.07) is 7.87. The Labute approximate surface area is 109 Å². The van der Waals surface area contributed by atoms with Gasteiger partial charge in [0.25, 0.3) is 5.95 Å². The van der Waals surface area contributed by atoms with Crippen LogP contribution in [0, 0.1) is 0 Å². The van der Waals surface area contributed by atoms with Crippen molar-refractivity contribution in [3.05, 3.63) is 45.8 Å². The Hall–Kier alpha value is -1.29. The Balaban J connectivity index is 2.18. The van der Waals surface area contributed by atoms with Crippen LogP contribution in [0.2, 0.25) is 0 Å². The molecule has 0 atom stereocenters. The molecule has 0 aromatic heterocycles. The lowest BCUT2D eigenvalue weighted by Crippen LogP contribution is -2.04. The molecule has 0 radical (unpaired) electrons. The number of ether oxygens (including phenoxy) is 2. The first-order chi connectivity index (χ1) is 8.20. The third kappa shape index (κ3) is 2.88. The van der Waals surface area contributed by atoms with Crippen molar-refractivity contribution in [1.29, 1.82) is 0 Å². The zero-order valence-corrected chi connectivity index (χ0v) is 11.1.